The first-order valence-corrected chi connectivity index (χ1v) is 6.59. The number of carbonyl (C=O) groups is 1. The lowest BCUT2D eigenvalue weighted by atomic mass is 10.0. The second-order valence-corrected chi connectivity index (χ2v) is 4.91. The largest absolute Gasteiger partial charge is 0.396 e. The first-order valence-electron chi connectivity index (χ1n) is 6.59. The quantitative estimate of drug-likeness (QED) is 0.898. The molecular formula is C15H20N4O. The lowest BCUT2D eigenvalue weighted by molar-refractivity contribution is 0.0963. The number of hydrogen-bond donors (Lipinski definition) is 2. The molecule has 1 heterocycles. The van der Waals surface area contributed by atoms with Crippen molar-refractivity contribution in [2.24, 2.45) is 0 Å². The fraction of sp³-hybridized carbons (Fsp3) is 0.333. The van der Waals surface area contributed by atoms with Gasteiger partial charge in [0, 0.05) is 12.6 Å². The van der Waals surface area contributed by atoms with Crippen LogP contribution < -0.4 is 11.1 Å². The van der Waals surface area contributed by atoms with Gasteiger partial charge in [-0.1, -0.05) is 12.1 Å². The van der Waals surface area contributed by atoms with Gasteiger partial charge in [0.25, 0.3) is 5.91 Å². The number of nitrogen functional groups attached to an aromatic ring is 1. The van der Waals surface area contributed by atoms with Gasteiger partial charge >= 0.3 is 0 Å². The fourth-order valence-corrected chi connectivity index (χ4v) is 2.28. The first-order chi connectivity index (χ1) is 9.45. The number of anilines is 1. The van der Waals surface area contributed by atoms with E-state index in [2.05, 4.69) is 10.4 Å². The van der Waals surface area contributed by atoms with E-state index in [1.54, 1.807) is 13.1 Å². The van der Waals surface area contributed by atoms with E-state index >= 15 is 0 Å². The van der Waals surface area contributed by atoms with Gasteiger partial charge in [0.2, 0.25) is 0 Å². The van der Waals surface area contributed by atoms with Crippen LogP contribution in [0.15, 0.2) is 24.3 Å². The Kier molecular flexibility index (Phi) is 3.79. The van der Waals surface area contributed by atoms with Crippen LogP contribution in [-0.4, -0.2) is 22.7 Å². The summed E-state index contributed by atoms with van der Waals surface area (Å²) in [6, 6.07) is 7.58. The number of hydrogen-bond acceptors (Lipinski definition) is 3. The first kappa shape index (κ1) is 14.1. The molecule has 1 atom stereocenters. The molecule has 1 aromatic heterocycles. The average Bonchev–Trinajstić information content (AvgIpc) is 2.73. The molecule has 0 saturated heterocycles. The number of nitrogens with one attached hydrogen (secondary N) is 1. The molecule has 0 aliphatic rings. The Morgan fingerprint density at radius 1 is 1.40 bits per heavy atom. The topological polar surface area (TPSA) is 72.9 Å². The highest BCUT2D eigenvalue weighted by atomic mass is 16.1. The van der Waals surface area contributed by atoms with Crippen LogP contribution in [-0.2, 0) is 0 Å². The molecule has 0 saturated carbocycles. The molecule has 1 unspecified atom stereocenters. The van der Waals surface area contributed by atoms with Gasteiger partial charge in [-0.3, -0.25) is 9.48 Å². The molecular weight excluding hydrogens is 252 g/mol. The molecule has 0 spiro atoms. The third kappa shape index (κ3) is 2.39. The minimum absolute atomic E-state index is 0.0237. The number of aromatic nitrogens is 2. The van der Waals surface area contributed by atoms with Crippen molar-refractivity contribution in [3.63, 3.8) is 0 Å². The van der Waals surface area contributed by atoms with Crippen molar-refractivity contribution >= 4 is 11.6 Å². The fourth-order valence-electron chi connectivity index (χ4n) is 2.28. The summed E-state index contributed by atoms with van der Waals surface area (Å²) < 4.78 is 1.90. The SMILES string of the molecule is CNC(=O)c1cccc(C(C)n2nc(C)c(N)c2C)c1. The van der Waals surface area contributed by atoms with Crippen molar-refractivity contribution < 1.29 is 4.79 Å². The highest BCUT2D eigenvalue weighted by molar-refractivity contribution is 5.94. The normalized spacial score (nSPS) is 12.2. The molecule has 0 fully saturated rings. The van der Waals surface area contributed by atoms with Gasteiger partial charge in [0.15, 0.2) is 0 Å². The lowest BCUT2D eigenvalue weighted by Crippen LogP contribution is -2.18. The van der Waals surface area contributed by atoms with Crippen LogP contribution in [0.3, 0.4) is 0 Å². The Morgan fingerprint density at radius 3 is 2.65 bits per heavy atom. The maximum atomic E-state index is 11.7. The zero-order valence-electron chi connectivity index (χ0n) is 12.3. The van der Waals surface area contributed by atoms with Gasteiger partial charge in [-0.05, 0) is 38.5 Å². The molecule has 0 aliphatic heterocycles. The van der Waals surface area contributed by atoms with Crippen molar-refractivity contribution in [1.29, 1.82) is 0 Å². The molecule has 2 aromatic rings. The summed E-state index contributed by atoms with van der Waals surface area (Å²) in [7, 11) is 1.63. The molecule has 1 aromatic carbocycles. The summed E-state index contributed by atoms with van der Waals surface area (Å²) in [6.45, 7) is 5.89. The number of amides is 1. The smallest absolute Gasteiger partial charge is 0.251 e. The van der Waals surface area contributed by atoms with Crippen LogP contribution in [0.5, 0.6) is 0 Å². The van der Waals surface area contributed by atoms with Gasteiger partial charge in [0.05, 0.1) is 23.1 Å². The number of rotatable bonds is 3. The zero-order valence-corrected chi connectivity index (χ0v) is 12.3. The van der Waals surface area contributed by atoms with Crippen molar-refractivity contribution in [1.82, 2.24) is 15.1 Å². The molecule has 2 rings (SSSR count). The Balaban J connectivity index is 2.40. The molecule has 0 radical (unpaired) electrons. The summed E-state index contributed by atoms with van der Waals surface area (Å²) in [5.41, 5.74) is 10.1. The van der Waals surface area contributed by atoms with Gasteiger partial charge in [-0.15, -0.1) is 0 Å². The summed E-state index contributed by atoms with van der Waals surface area (Å²) in [5.74, 6) is -0.0908. The van der Waals surface area contributed by atoms with E-state index in [1.165, 1.54) is 0 Å². The second-order valence-electron chi connectivity index (χ2n) is 4.91. The van der Waals surface area contributed by atoms with Crippen LogP contribution in [0.25, 0.3) is 0 Å². The number of aryl methyl sites for hydroxylation is 1. The maximum Gasteiger partial charge on any atom is 0.251 e. The van der Waals surface area contributed by atoms with Crippen LogP contribution >= 0.6 is 0 Å². The van der Waals surface area contributed by atoms with E-state index in [4.69, 9.17) is 5.73 Å². The Bertz CT molecular complexity index is 645. The second kappa shape index (κ2) is 5.36. The highest BCUT2D eigenvalue weighted by Gasteiger charge is 2.16. The molecule has 1 amide bonds. The number of nitrogens with two attached hydrogens (primary N) is 1. The Morgan fingerprint density at radius 2 is 2.10 bits per heavy atom. The van der Waals surface area contributed by atoms with Crippen molar-refractivity contribution in [2.45, 2.75) is 26.8 Å². The standard InChI is InChI=1S/C15H20N4O/c1-9-14(16)11(3)19(18-9)10(2)12-6-5-7-13(8-12)15(20)17-4/h5-8,10H,16H2,1-4H3,(H,17,20). The summed E-state index contributed by atoms with van der Waals surface area (Å²) in [4.78, 5) is 11.7. The summed E-state index contributed by atoms with van der Waals surface area (Å²) >= 11 is 0. The molecule has 5 heteroatoms. The Hall–Kier alpha value is -2.30. The molecule has 106 valence electrons. The van der Waals surface area contributed by atoms with Crippen LogP contribution in [0.1, 0.15) is 40.3 Å². The average molecular weight is 272 g/mol. The zero-order chi connectivity index (χ0) is 14.9. The molecule has 3 N–H and O–H groups in total. The van der Waals surface area contributed by atoms with Gasteiger partial charge in [-0.25, -0.2) is 0 Å². The van der Waals surface area contributed by atoms with Gasteiger partial charge in [0.1, 0.15) is 0 Å². The number of benzene rings is 1. The van der Waals surface area contributed by atoms with E-state index in [9.17, 15) is 4.79 Å². The summed E-state index contributed by atoms with van der Waals surface area (Å²) in [6.07, 6.45) is 0. The monoisotopic (exact) mass is 272 g/mol. The molecule has 0 aliphatic carbocycles. The van der Waals surface area contributed by atoms with Gasteiger partial charge < -0.3 is 11.1 Å². The molecule has 5 nitrogen and oxygen atoms in total. The van der Waals surface area contributed by atoms with E-state index in [1.807, 2.05) is 43.7 Å². The van der Waals surface area contributed by atoms with Gasteiger partial charge in [-0.2, -0.15) is 5.10 Å². The third-order valence-electron chi connectivity index (χ3n) is 3.61. The van der Waals surface area contributed by atoms with Crippen molar-refractivity contribution in [3.8, 4) is 0 Å². The van der Waals surface area contributed by atoms with Crippen LogP contribution in [0.2, 0.25) is 0 Å². The molecule has 20 heavy (non-hydrogen) atoms. The minimum Gasteiger partial charge on any atom is -0.396 e. The highest BCUT2D eigenvalue weighted by Crippen LogP contribution is 2.24. The summed E-state index contributed by atoms with van der Waals surface area (Å²) in [5, 5.41) is 7.10. The van der Waals surface area contributed by atoms with Crippen LogP contribution in [0, 0.1) is 13.8 Å². The molecule has 0 bridgehead atoms. The predicted octanol–water partition coefficient (Wildman–Crippen LogP) is 2.05. The number of nitrogens with zero attached hydrogens (tertiary/aromatic N) is 2. The lowest BCUT2D eigenvalue weighted by Gasteiger charge is -2.15. The van der Waals surface area contributed by atoms with Crippen LogP contribution in [0.4, 0.5) is 5.69 Å². The van der Waals surface area contributed by atoms with E-state index in [0.29, 0.717) is 5.56 Å². The van der Waals surface area contributed by atoms with Crippen molar-refractivity contribution in [2.75, 3.05) is 12.8 Å². The van der Waals surface area contributed by atoms with E-state index in [-0.39, 0.29) is 11.9 Å². The van der Waals surface area contributed by atoms with Crippen molar-refractivity contribution in [3.05, 3.63) is 46.8 Å². The predicted molar refractivity (Wildman–Crippen MR) is 79.8 cm³/mol. The Labute approximate surface area is 118 Å². The van der Waals surface area contributed by atoms with E-state index < -0.39 is 0 Å². The van der Waals surface area contributed by atoms with E-state index in [0.717, 1.165) is 22.6 Å². The third-order valence-corrected chi connectivity index (χ3v) is 3.61. The minimum atomic E-state index is -0.0908. The maximum absolute atomic E-state index is 11.7. The number of carbonyl (C=O) groups excluding carboxylic acids is 1.